The Morgan fingerprint density at radius 3 is 2.27 bits per heavy atom. The van der Waals surface area contributed by atoms with E-state index in [-0.39, 0.29) is 17.6 Å². The van der Waals surface area contributed by atoms with Crippen molar-refractivity contribution in [3.63, 3.8) is 0 Å². The second kappa shape index (κ2) is 8.47. The van der Waals surface area contributed by atoms with Crippen molar-refractivity contribution in [3.8, 4) is 11.6 Å². The van der Waals surface area contributed by atoms with Gasteiger partial charge in [-0.15, -0.1) is 0 Å². The number of nitrogen functional groups attached to an aromatic ring is 1. The molecule has 2 aromatic heterocycles. The van der Waals surface area contributed by atoms with E-state index in [0.717, 1.165) is 11.3 Å². The number of hydrogen-bond donors (Lipinski definition) is 2. The number of piperidine rings is 1. The van der Waals surface area contributed by atoms with Crippen molar-refractivity contribution in [3.05, 3.63) is 66.2 Å². The van der Waals surface area contributed by atoms with Crippen LogP contribution in [0.1, 0.15) is 18.4 Å². The molecule has 4 aromatic rings. The van der Waals surface area contributed by atoms with E-state index in [4.69, 9.17) is 10.3 Å². The zero-order valence-electron chi connectivity index (χ0n) is 18.2. The zero-order chi connectivity index (χ0) is 22.8. The van der Waals surface area contributed by atoms with Crippen LogP contribution in [-0.2, 0) is 5.60 Å². The first-order valence-electron chi connectivity index (χ1n) is 10.7. The van der Waals surface area contributed by atoms with E-state index in [0.29, 0.717) is 37.9 Å². The first-order chi connectivity index (χ1) is 16.0. The van der Waals surface area contributed by atoms with Crippen LogP contribution >= 0.6 is 0 Å². The maximum Gasteiger partial charge on any atom is 0.324 e. The third kappa shape index (κ3) is 4.20. The van der Waals surface area contributed by atoms with E-state index in [1.807, 2.05) is 72.6 Å². The molecule has 2 aromatic carbocycles. The molecule has 0 unspecified atom stereocenters. The molecule has 1 aliphatic heterocycles. The van der Waals surface area contributed by atoms with E-state index in [2.05, 4.69) is 25.1 Å². The van der Waals surface area contributed by atoms with Gasteiger partial charge in [0, 0.05) is 25.8 Å². The van der Waals surface area contributed by atoms with E-state index < -0.39 is 5.60 Å². The van der Waals surface area contributed by atoms with Gasteiger partial charge in [-0.1, -0.05) is 53.7 Å². The van der Waals surface area contributed by atoms with Crippen LogP contribution in [0.3, 0.4) is 0 Å². The number of aromatic nitrogens is 5. The lowest BCUT2D eigenvalue weighted by molar-refractivity contribution is 0.0109. The van der Waals surface area contributed by atoms with Crippen molar-refractivity contribution in [2.24, 2.45) is 0 Å². The minimum Gasteiger partial charge on any atom is -0.385 e. The van der Waals surface area contributed by atoms with Gasteiger partial charge in [-0.3, -0.25) is 0 Å². The van der Waals surface area contributed by atoms with Crippen molar-refractivity contribution in [1.82, 2.24) is 25.1 Å². The summed E-state index contributed by atoms with van der Waals surface area (Å²) in [7, 11) is 1.84. The number of anilines is 4. The number of para-hydroxylation sites is 1. The Balaban J connectivity index is 1.34. The van der Waals surface area contributed by atoms with Gasteiger partial charge in [0.25, 0.3) is 0 Å². The van der Waals surface area contributed by atoms with Crippen molar-refractivity contribution in [2.75, 3.05) is 35.7 Å². The highest BCUT2D eigenvalue weighted by Crippen LogP contribution is 2.34. The van der Waals surface area contributed by atoms with E-state index in [1.165, 1.54) is 0 Å². The minimum absolute atomic E-state index is 0.0648. The lowest BCUT2D eigenvalue weighted by atomic mass is 9.84. The average molecular weight is 444 g/mol. The lowest BCUT2D eigenvalue weighted by Crippen LogP contribution is -2.42. The molecule has 0 bridgehead atoms. The fraction of sp³-hybridized carbons (Fsp3) is 0.261. The second-order valence-electron chi connectivity index (χ2n) is 8.00. The zero-order valence-corrected chi connectivity index (χ0v) is 18.2. The molecular weight excluding hydrogens is 420 g/mol. The SMILES string of the molecule is CN(c1ccccc1)c1nc(N)nc(-c2noc(N3CCC(O)(c4ccccc4)CC3)n2)n1. The van der Waals surface area contributed by atoms with Crippen LogP contribution in [-0.4, -0.2) is 50.3 Å². The van der Waals surface area contributed by atoms with Gasteiger partial charge in [-0.05, 0) is 30.5 Å². The smallest absolute Gasteiger partial charge is 0.324 e. The summed E-state index contributed by atoms with van der Waals surface area (Å²) in [4.78, 5) is 21.1. The Labute approximate surface area is 190 Å². The van der Waals surface area contributed by atoms with Crippen LogP contribution in [0.15, 0.2) is 65.2 Å². The van der Waals surface area contributed by atoms with E-state index in [1.54, 1.807) is 4.90 Å². The molecule has 10 heteroatoms. The Hall–Kier alpha value is -4.05. The topological polar surface area (TPSA) is 130 Å². The average Bonchev–Trinajstić information content (AvgIpc) is 3.35. The quantitative estimate of drug-likeness (QED) is 0.474. The fourth-order valence-corrected chi connectivity index (χ4v) is 3.94. The summed E-state index contributed by atoms with van der Waals surface area (Å²) in [6.07, 6.45) is 1.11. The molecule has 1 saturated heterocycles. The summed E-state index contributed by atoms with van der Waals surface area (Å²) in [6, 6.07) is 19.8. The Bertz CT molecular complexity index is 1220. The van der Waals surface area contributed by atoms with Gasteiger partial charge in [0.1, 0.15) is 0 Å². The predicted molar refractivity (Wildman–Crippen MR) is 124 cm³/mol. The Morgan fingerprint density at radius 1 is 0.909 bits per heavy atom. The number of benzene rings is 2. The van der Waals surface area contributed by atoms with Crippen molar-refractivity contribution >= 4 is 23.6 Å². The van der Waals surface area contributed by atoms with Gasteiger partial charge < -0.3 is 25.2 Å². The summed E-state index contributed by atoms with van der Waals surface area (Å²) in [5.74, 6) is 0.898. The highest BCUT2D eigenvalue weighted by atomic mass is 16.5. The lowest BCUT2D eigenvalue weighted by Gasteiger charge is -2.37. The molecule has 0 aliphatic carbocycles. The fourth-order valence-electron chi connectivity index (χ4n) is 3.94. The summed E-state index contributed by atoms with van der Waals surface area (Å²) in [6.45, 7) is 1.16. The number of nitrogens with zero attached hydrogens (tertiary/aromatic N) is 7. The molecule has 0 spiro atoms. The van der Waals surface area contributed by atoms with E-state index in [9.17, 15) is 5.11 Å². The molecule has 5 rings (SSSR count). The molecule has 0 amide bonds. The van der Waals surface area contributed by atoms with Crippen LogP contribution < -0.4 is 15.5 Å². The Kier molecular flexibility index (Phi) is 5.35. The van der Waals surface area contributed by atoms with Crippen LogP contribution in [0.4, 0.5) is 23.6 Å². The Morgan fingerprint density at radius 2 is 1.58 bits per heavy atom. The van der Waals surface area contributed by atoms with Gasteiger partial charge in [0.05, 0.1) is 5.60 Å². The van der Waals surface area contributed by atoms with Crippen LogP contribution in [0.5, 0.6) is 0 Å². The summed E-state index contributed by atoms with van der Waals surface area (Å²) in [5, 5.41) is 15.1. The van der Waals surface area contributed by atoms with Crippen molar-refractivity contribution < 1.29 is 9.63 Å². The molecule has 0 atom stereocenters. The molecular formula is C23H24N8O2. The molecule has 1 aliphatic rings. The third-order valence-corrected chi connectivity index (χ3v) is 5.87. The molecule has 0 saturated carbocycles. The van der Waals surface area contributed by atoms with Gasteiger partial charge in [-0.25, -0.2) is 0 Å². The molecule has 3 heterocycles. The molecule has 0 radical (unpaired) electrons. The number of nitrogens with two attached hydrogens (primary N) is 1. The number of aliphatic hydroxyl groups is 1. The maximum absolute atomic E-state index is 11.1. The molecule has 3 N–H and O–H groups in total. The maximum atomic E-state index is 11.1. The van der Waals surface area contributed by atoms with E-state index >= 15 is 0 Å². The molecule has 10 nitrogen and oxygen atoms in total. The number of hydrogen-bond acceptors (Lipinski definition) is 10. The van der Waals surface area contributed by atoms with Crippen molar-refractivity contribution in [2.45, 2.75) is 18.4 Å². The summed E-state index contributed by atoms with van der Waals surface area (Å²) in [5.41, 5.74) is 6.90. The van der Waals surface area contributed by atoms with Crippen LogP contribution in [0.2, 0.25) is 0 Å². The minimum atomic E-state index is -0.861. The van der Waals surface area contributed by atoms with Gasteiger partial charge >= 0.3 is 6.01 Å². The number of rotatable bonds is 5. The van der Waals surface area contributed by atoms with Gasteiger partial charge in [0.2, 0.25) is 23.5 Å². The van der Waals surface area contributed by atoms with Crippen LogP contribution in [0, 0.1) is 0 Å². The second-order valence-corrected chi connectivity index (χ2v) is 8.00. The standard InChI is InChI=1S/C23H24N8O2/c1-30(17-10-6-3-7-11-17)21-26-18(25-20(24)28-21)19-27-22(33-29-19)31-14-12-23(32,13-15-31)16-8-4-2-5-9-16/h2-11,32H,12-15H2,1H3,(H2,24,25,26,28). The summed E-state index contributed by atoms with van der Waals surface area (Å²) < 4.78 is 5.49. The predicted octanol–water partition coefficient (Wildman–Crippen LogP) is 2.76. The van der Waals surface area contributed by atoms with Gasteiger partial charge in [0.15, 0.2) is 0 Å². The summed E-state index contributed by atoms with van der Waals surface area (Å²) >= 11 is 0. The largest absolute Gasteiger partial charge is 0.385 e. The normalized spacial score (nSPS) is 15.4. The molecule has 33 heavy (non-hydrogen) atoms. The van der Waals surface area contributed by atoms with Gasteiger partial charge in [-0.2, -0.15) is 19.9 Å². The first kappa shape index (κ1) is 20.8. The third-order valence-electron chi connectivity index (χ3n) is 5.87. The van der Waals surface area contributed by atoms with Crippen molar-refractivity contribution in [1.29, 1.82) is 0 Å². The van der Waals surface area contributed by atoms with Crippen LogP contribution in [0.25, 0.3) is 11.6 Å². The molecule has 1 fully saturated rings. The molecule has 168 valence electrons. The highest BCUT2D eigenvalue weighted by molar-refractivity contribution is 5.59. The highest BCUT2D eigenvalue weighted by Gasteiger charge is 2.35. The monoisotopic (exact) mass is 444 g/mol. The first-order valence-corrected chi connectivity index (χ1v) is 10.7.